The number of hydrogen-bond donors (Lipinski definition) is 0. The third kappa shape index (κ3) is 4.23. The summed E-state index contributed by atoms with van der Waals surface area (Å²) in [5, 5.41) is 0. The first-order chi connectivity index (χ1) is 9.17. The summed E-state index contributed by atoms with van der Waals surface area (Å²) in [6, 6.07) is 0. The second-order valence-electron chi connectivity index (χ2n) is 7.12. The monoisotopic (exact) mass is 266 g/mol. The normalized spacial score (nSPS) is 43.9. The van der Waals surface area contributed by atoms with Gasteiger partial charge in [0, 0.05) is 0 Å². The molecule has 4 fully saturated rings. The molecule has 4 rings (SSSR count). The van der Waals surface area contributed by atoms with Gasteiger partial charge in [-0.3, -0.25) is 0 Å². The van der Waals surface area contributed by atoms with Crippen LogP contribution in [0.3, 0.4) is 0 Å². The van der Waals surface area contributed by atoms with E-state index in [2.05, 4.69) is 13.8 Å². The SMILES string of the molecule is CC.CC.CC12CCCC1C2.CC1CC2CCC2C1. The third-order valence-electron chi connectivity index (χ3n) is 5.82. The van der Waals surface area contributed by atoms with E-state index >= 15 is 0 Å². The molecule has 0 aromatic carbocycles. The van der Waals surface area contributed by atoms with Crippen molar-refractivity contribution >= 4 is 0 Å². The van der Waals surface area contributed by atoms with Gasteiger partial charge in [-0.1, -0.05) is 48.0 Å². The molecule has 4 aliphatic rings. The van der Waals surface area contributed by atoms with E-state index in [1.165, 1.54) is 31.1 Å². The average molecular weight is 267 g/mol. The minimum Gasteiger partial charge on any atom is -0.0683 e. The Balaban J connectivity index is 0.000000152. The summed E-state index contributed by atoms with van der Waals surface area (Å²) in [5.74, 6) is 4.56. The zero-order valence-corrected chi connectivity index (χ0v) is 14.5. The first-order valence-electron chi connectivity index (χ1n) is 9.17. The fourth-order valence-corrected chi connectivity index (χ4v) is 4.40. The molecular weight excluding hydrogens is 228 g/mol. The summed E-state index contributed by atoms with van der Waals surface area (Å²) < 4.78 is 0. The van der Waals surface area contributed by atoms with Crippen molar-refractivity contribution in [3.63, 3.8) is 0 Å². The van der Waals surface area contributed by atoms with Crippen LogP contribution in [0.25, 0.3) is 0 Å². The van der Waals surface area contributed by atoms with Gasteiger partial charge in [0.25, 0.3) is 0 Å². The highest BCUT2D eigenvalue weighted by molar-refractivity contribution is 5.02. The van der Waals surface area contributed by atoms with Crippen molar-refractivity contribution in [2.75, 3.05) is 0 Å². The molecule has 0 aromatic rings. The Morgan fingerprint density at radius 1 is 0.842 bits per heavy atom. The molecule has 0 nitrogen and oxygen atoms in total. The van der Waals surface area contributed by atoms with Crippen LogP contribution in [-0.2, 0) is 0 Å². The lowest BCUT2D eigenvalue weighted by molar-refractivity contribution is 0.219. The maximum absolute atomic E-state index is 2.44. The molecule has 19 heavy (non-hydrogen) atoms. The van der Waals surface area contributed by atoms with E-state index in [1.807, 2.05) is 27.7 Å². The van der Waals surface area contributed by atoms with E-state index in [9.17, 15) is 0 Å². The van der Waals surface area contributed by atoms with Crippen LogP contribution in [0.1, 0.15) is 92.9 Å². The van der Waals surface area contributed by atoms with Crippen molar-refractivity contribution < 1.29 is 0 Å². The van der Waals surface area contributed by atoms with E-state index in [0.717, 1.165) is 17.3 Å². The summed E-state index contributed by atoms with van der Waals surface area (Å²) in [6.45, 7) is 12.8. The van der Waals surface area contributed by atoms with Crippen molar-refractivity contribution in [3.05, 3.63) is 0 Å². The van der Waals surface area contributed by atoms with Crippen LogP contribution in [0, 0.1) is 29.1 Å². The van der Waals surface area contributed by atoms with Gasteiger partial charge in [0.15, 0.2) is 0 Å². The Bertz CT molecular complexity index is 230. The van der Waals surface area contributed by atoms with Crippen molar-refractivity contribution in [1.82, 2.24) is 0 Å². The first-order valence-corrected chi connectivity index (χ1v) is 9.17. The Morgan fingerprint density at radius 2 is 1.37 bits per heavy atom. The second-order valence-corrected chi connectivity index (χ2v) is 7.12. The van der Waals surface area contributed by atoms with Gasteiger partial charge in [-0.25, -0.2) is 0 Å². The minimum absolute atomic E-state index is 0.861. The highest BCUT2D eigenvalue weighted by atomic mass is 14.6. The highest BCUT2D eigenvalue weighted by Gasteiger charge is 2.52. The van der Waals surface area contributed by atoms with Crippen LogP contribution >= 0.6 is 0 Å². The molecule has 0 amide bonds. The molecule has 0 heteroatoms. The van der Waals surface area contributed by atoms with Gasteiger partial charge in [0.2, 0.25) is 0 Å². The average Bonchev–Trinajstić information content (AvgIpc) is 2.82. The van der Waals surface area contributed by atoms with Gasteiger partial charge in [-0.15, -0.1) is 0 Å². The quantitative estimate of drug-likeness (QED) is 0.458. The van der Waals surface area contributed by atoms with E-state index in [1.54, 1.807) is 32.1 Å². The number of hydrogen-bond acceptors (Lipinski definition) is 0. The minimum atomic E-state index is 0.861. The molecule has 4 saturated carbocycles. The number of fused-ring (bicyclic) bond motifs is 2. The topological polar surface area (TPSA) is 0 Å². The van der Waals surface area contributed by atoms with Gasteiger partial charge in [0.05, 0.1) is 0 Å². The van der Waals surface area contributed by atoms with Crippen LogP contribution in [0.5, 0.6) is 0 Å². The lowest BCUT2D eigenvalue weighted by Crippen LogP contribution is -2.18. The predicted octanol–water partition coefficient (Wildman–Crippen LogP) is 6.69. The van der Waals surface area contributed by atoms with Gasteiger partial charge in [0.1, 0.15) is 0 Å². The van der Waals surface area contributed by atoms with Crippen molar-refractivity contribution in [2.24, 2.45) is 29.1 Å². The van der Waals surface area contributed by atoms with E-state index in [-0.39, 0.29) is 0 Å². The van der Waals surface area contributed by atoms with Crippen molar-refractivity contribution in [2.45, 2.75) is 92.9 Å². The van der Waals surface area contributed by atoms with E-state index < -0.39 is 0 Å². The van der Waals surface area contributed by atoms with Crippen molar-refractivity contribution in [3.8, 4) is 0 Å². The van der Waals surface area contributed by atoms with E-state index in [0.29, 0.717) is 0 Å². The van der Waals surface area contributed by atoms with E-state index in [4.69, 9.17) is 0 Å². The predicted molar refractivity (Wildman–Crippen MR) is 87.4 cm³/mol. The zero-order chi connectivity index (χ0) is 14.5. The molecule has 4 unspecified atom stereocenters. The Hall–Kier alpha value is 0. The summed E-state index contributed by atoms with van der Waals surface area (Å²) in [4.78, 5) is 0. The standard InChI is InChI=1S/C8H14.C7H12.2C2H6/c1-6-4-7-2-3-8(7)5-6;1-7-4-2-3-6(7)5-7;2*1-2/h6-8H,2-5H2,1H3;6H,2-5H2,1H3;2*1-2H3. The molecular formula is C19H38. The van der Waals surface area contributed by atoms with Gasteiger partial charge < -0.3 is 0 Å². The fraction of sp³-hybridized carbons (Fsp3) is 1.00. The molecule has 4 atom stereocenters. The molecule has 0 saturated heterocycles. The second kappa shape index (κ2) is 7.70. The first kappa shape index (κ1) is 17.1. The van der Waals surface area contributed by atoms with Crippen LogP contribution < -0.4 is 0 Å². The molecule has 114 valence electrons. The fourth-order valence-electron chi connectivity index (χ4n) is 4.40. The van der Waals surface area contributed by atoms with Gasteiger partial charge in [-0.05, 0) is 74.0 Å². The van der Waals surface area contributed by atoms with Crippen LogP contribution in [0.15, 0.2) is 0 Å². The molecule has 0 aromatic heterocycles. The highest BCUT2D eigenvalue weighted by Crippen LogP contribution is 2.62. The third-order valence-corrected chi connectivity index (χ3v) is 5.82. The number of rotatable bonds is 0. The molecule has 0 radical (unpaired) electrons. The summed E-state index contributed by atoms with van der Waals surface area (Å²) in [5.41, 5.74) is 0.861. The van der Waals surface area contributed by atoms with Crippen LogP contribution in [0.2, 0.25) is 0 Å². The van der Waals surface area contributed by atoms with Crippen molar-refractivity contribution in [1.29, 1.82) is 0 Å². The summed E-state index contributed by atoms with van der Waals surface area (Å²) in [7, 11) is 0. The summed E-state index contributed by atoms with van der Waals surface area (Å²) >= 11 is 0. The largest absolute Gasteiger partial charge is 0.0683 e. The van der Waals surface area contributed by atoms with Crippen LogP contribution in [-0.4, -0.2) is 0 Å². The van der Waals surface area contributed by atoms with Gasteiger partial charge in [-0.2, -0.15) is 0 Å². The van der Waals surface area contributed by atoms with Gasteiger partial charge >= 0.3 is 0 Å². The molecule has 0 aliphatic heterocycles. The Kier molecular flexibility index (Phi) is 6.91. The lowest BCUT2D eigenvalue weighted by atomic mass is 9.77. The maximum Gasteiger partial charge on any atom is -0.0294 e. The summed E-state index contributed by atoms with van der Waals surface area (Å²) in [6.07, 6.45) is 12.3. The lowest BCUT2D eigenvalue weighted by Gasteiger charge is -2.29. The molecule has 4 aliphatic carbocycles. The van der Waals surface area contributed by atoms with Crippen LogP contribution in [0.4, 0.5) is 0 Å². The Labute approximate surface area is 122 Å². The molecule has 0 heterocycles. The Morgan fingerprint density at radius 3 is 1.53 bits per heavy atom. The molecule has 0 bridgehead atoms. The molecule has 0 N–H and O–H groups in total. The smallest absolute Gasteiger partial charge is 0.0294 e. The zero-order valence-electron chi connectivity index (χ0n) is 14.5. The molecule has 0 spiro atoms. The maximum atomic E-state index is 2.44.